The molecule has 0 radical (unpaired) electrons. The number of carbonyl (C=O) groups is 1. The van der Waals surface area contributed by atoms with Crippen LogP contribution in [0.25, 0.3) is 0 Å². The van der Waals surface area contributed by atoms with E-state index < -0.39 is 0 Å². The zero-order valence-electron chi connectivity index (χ0n) is 11.5. The number of aliphatic hydroxyl groups is 1. The standard InChI is InChI=1S/C15H23NO2/c1-4-14(17)7-8-16-15(18)10-13-6-5-11(2)12(3)9-13/h5-6,9,14,17H,4,7-8,10H2,1-3H3,(H,16,18). The van der Waals surface area contributed by atoms with E-state index in [1.54, 1.807) is 0 Å². The van der Waals surface area contributed by atoms with Crippen LogP contribution in [0.3, 0.4) is 0 Å². The van der Waals surface area contributed by atoms with Gasteiger partial charge in [0.25, 0.3) is 0 Å². The number of amides is 1. The lowest BCUT2D eigenvalue weighted by Gasteiger charge is -2.09. The van der Waals surface area contributed by atoms with Crippen LogP contribution in [0.4, 0.5) is 0 Å². The van der Waals surface area contributed by atoms with Crippen LogP contribution < -0.4 is 5.32 Å². The first-order chi connectivity index (χ1) is 8.52. The van der Waals surface area contributed by atoms with Gasteiger partial charge >= 0.3 is 0 Å². The molecule has 1 aromatic rings. The molecular weight excluding hydrogens is 226 g/mol. The second kappa shape index (κ2) is 7.17. The molecule has 100 valence electrons. The lowest BCUT2D eigenvalue weighted by molar-refractivity contribution is -0.120. The fourth-order valence-electron chi connectivity index (χ4n) is 1.74. The lowest BCUT2D eigenvalue weighted by Crippen LogP contribution is -2.28. The fraction of sp³-hybridized carbons (Fsp3) is 0.533. The van der Waals surface area contributed by atoms with Crippen molar-refractivity contribution in [2.24, 2.45) is 0 Å². The molecule has 0 heterocycles. The molecule has 1 unspecified atom stereocenters. The zero-order chi connectivity index (χ0) is 13.5. The number of aliphatic hydroxyl groups excluding tert-OH is 1. The summed E-state index contributed by atoms with van der Waals surface area (Å²) < 4.78 is 0. The van der Waals surface area contributed by atoms with Gasteiger partial charge in [-0.2, -0.15) is 0 Å². The quantitative estimate of drug-likeness (QED) is 0.811. The Morgan fingerprint density at radius 2 is 2.06 bits per heavy atom. The first kappa shape index (κ1) is 14.7. The molecule has 3 nitrogen and oxygen atoms in total. The van der Waals surface area contributed by atoms with Gasteiger partial charge in [-0.3, -0.25) is 4.79 Å². The van der Waals surface area contributed by atoms with E-state index in [0.29, 0.717) is 19.4 Å². The predicted octanol–water partition coefficient (Wildman–Crippen LogP) is 2.12. The summed E-state index contributed by atoms with van der Waals surface area (Å²) in [5.41, 5.74) is 3.48. The topological polar surface area (TPSA) is 49.3 Å². The first-order valence-corrected chi connectivity index (χ1v) is 6.53. The Hall–Kier alpha value is -1.35. The van der Waals surface area contributed by atoms with E-state index in [9.17, 15) is 9.90 Å². The Morgan fingerprint density at radius 3 is 2.67 bits per heavy atom. The number of carbonyl (C=O) groups excluding carboxylic acids is 1. The van der Waals surface area contributed by atoms with Crippen LogP contribution >= 0.6 is 0 Å². The van der Waals surface area contributed by atoms with Crippen LogP contribution in [0.15, 0.2) is 18.2 Å². The molecule has 0 saturated heterocycles. The van der Waals surface area contributed by atoms with Crippen LogP contribution in [-0.2, 0) is 11.2 Å². The predicted molar refractivity (Wildman–Crippen MR) is 73.5 cm³/mol. The number of benzene rings is 1. The second-order valence-corrected chi connectivity index (χ2v) is 4.80. The van der Waals surface area contributed by atoms with Gasteiger partial charge < -0.3 is 10.4 Å². The van der Waals surface area contributed by atoms with Crippen molar-refractivity contribution in [3.8, 4) is 0 Å². The minimum atomic E-state index is -0.313. The zero-order valence-corrected chi connectivity index (χ0v) is 11.5. The maximum Gasteiger partial charge on any atom is 0.224 e. The van der Waals surface area contributed by atoms with E-state index >= 15 is 0 Å². The average Bonchev–Trinajstić information content (AvgIpc) is 2.33. The monoisotopic (exact) mass is 249 g/mol. The molecule has 0 spiro atoms. The van der Waals surface area contributed by atoms with E-state index in [1.165, 1.54) is 11.1 Å². The maximum atomic E-state index is 11.7. The highest BCUT2D eigenvalue weighted by atomic mass is 16.3. The molecule has 0 aromatic heterocycles. The lowest BCUT2D eigenvalue weighted by atomic mass is 10.0. The maximum absolute atomic E-state index is 11.7. The number of aryl methyl sites for hydroxylation is 2. The van der Waals surface area contributed by atoms with Crippen molar-refractivity contribution >= 4 is 5.91 Å². The van der Waals surface area contributed by atoms with Gasteiger partial charge in [0.1, 0.15) is 0 Å². The molecule has 1 rings (SSSR count). The van der Waals surface area contributed by atoms with Crippen molar-refractivity contribution in [1.29, 1.82) is 0 Å². The SMILES string of the molecule is CCC(O)CCNC(=O)Cc1ccc(C)c(C)c1. The Kier molecular flexibility index (Phi) is 5.86. The van der Waals surface area contributed by atoms with Crippen molar-refractivity contribution in [3.05, 3.63) is 34.9 Å². The minimum absolute atomic E-state index is 0.0153. The van der Waals surface area contributed by atoms with Crippen LogP contribution in [0, 0.1) is 13.8 Å². The molecule has 1 atom stereocenters. The Labute approximate surface area is 109 Å². The Balaban J connectivity index is 2.38. The molecule has 18 heavy (non-hydrogen) atoms. The van der Waals surface area contributed by atoms with Crippen LogP contribution in [0.2, 0.25) is 0 Å². The van der Waals surface area contributed by atoms with Crippen LogP contribution in [0.5, 0.6) is 0 Å². The summed E-state index contributed by atoms with van der Waals surface area (Å²) in [5.74, 6) is 0.0153. The van der Waals surface area contributed by atoms with Crippen molar-refractivity contribution < 1.29 is 9.90 Å². The summed E-state index contributed by atoms with van der Waals surface area (Å²) in [6.45, 7) is 6.58. The van der Waals surface area contributed by atoms with Crippen molar-refractivity contribution in [2.75, 3.05) is 6.54 Å². The summed E-state index contributed by atoms with van der Waals surface area (Å²) in [4.78, 5) is 11.7. The van der Waals surface area contributed by atoms with Crippen LogP contribution in [0.1, 0.15) is 36.5 Å². The summed E-state index contributed by atoms with van der Waals surface area (Å²) in [5, 5.41) is 12.2. The first-order valence-electron chi connectivity index (χ1n) is 6.53. The van der Waals surface area contributed by atoms with Gasteiger partial charge in [0.2, 0.25) is 5.91 Å². The second-order valence-electron chi connectivity index (χ2n) is 4.80. The van der Waals surface area contributed by atoms with E-state index in [2.05, 4.69) is 18.3 Å². The third kappa shape index (κ3) is 4.88. The van der Waals surface area contributed by atoms with Crippen LogP contribution in [-0.4, -0.2) is 23.7 Å². The highest BCUT2D eigenvalue weighted by molar-refractivity contribution is 5.78. The highest BCUT2D eigenvalue weighted by Gasteiger charge is 2.05. The van der Waals surface area contributed by atoms with Crippen molar-refractivity contribution in [3.63, 3.8) is 0 Å². The van der Waals surface area contributed by atoms with E-state index in [-0.39, 0.29) is 12.0 Å². The molecule has 0 aliphatic heterocycles. The molecule has 2 N–H and O–H groups in total. The Bertz CT molecular complexity index is 401. The molecule has 0 saturated carbocycles. The molecule has 0 aliphatic rings. The third-order valence-electron chi connectivity index (χ3n) is 3.21. The van der Waals surface area contributed by atoms with E-state index in [1.807, 2.05) is 26.0 Å². The van der Waals surface area contributed by atoms with Gasteiger partial charge in [-0.15, -0.1) is 0 Å². The molecule has 1 amide bonds. The number of nitrogens with one attached hydrogen (secondary N) is 1. The van der Waals surface area contributed by atoms with Crippen molar-refractivity contribution in [1.82, 2.24) is 5.32 Å². The van der Waals surface area contributed by atoms with Gasteiger partial charge in [-0.05, 0) is 43.4 Å². The normalized spacial score (nSPS) is 12.2. The average molecular weight is 249 g/mol. The van der Waals surface area contributed by atoms with Gasteiger partial charge in [-0.1, -0.05) is 25.1 Å². The summed E-state index contributed by atoms with van der Waals surface area (Å²) in [6.07, 6.45) is 1.44. The fourth-order valence-corrected chi connectivity index (χ4v) is 1.74. The number of hydrogen-bond donors (Lipinski definition) is 2. The highest BCUT2D eigenvalue weighted by Crippen LogP contribution is 2.10. The summed E-state index contributed by atoms with van der Waals surface area (Å²) >= 11 is 0. The largest absolute Gasteiger partial charge is 0.393 e. The van der Waals surface area contributed by atoms with Crippen molar-refractivity contribution in [2.45, 2.75) is 46.1 Å². The van der Waals surface area contributed by atoms with Gasteiger partial charge in [-0.25, -0.2) is 0 Å². The summed E-state index contributed by atoms with van der Waals surface area (Å²) in [7, 11) is 0. The third-order valence-corrected chi connectivity index (χ3v) is 3.21. The molecule has 0 bridgehead atoms. The van der Waals surface area contributed by atoms with Gasteiger partial charge in [0.15, 0.2) is 0 Å². The number of hydrogen-bond acceptors (Lipinski definition) is 2. The molecular formula is C15H23NO2. The smallest absolute Gasteiger partial charge is 0.224 e. The Morgan fingerprint density at radius 1 is 1.33 bits per heavy atom. The van der Waals surface area contributed by atoms with Gasteiger partial charge in [0, 0.05) is 6.54 Å². The molecule has 0 fully saturated rings. The van der Waals surface area contributed by atoms with Gasteiger partial charge in [0.05, 0.1) is 12.5 Å². The molecule has 1 aromatic carbocycles. The minimum Gasteiger partial charge on any atom is -0.393 e. The molecule has 0 aliphatic carbocycles. The number of rotatable bonds is 6. The summed E-state index contributed by atoms with van der Waals surface area (Å²) in [6, 6.07) is 6.08. The van der Waals surface area contributed by atoms with E-state index in [4.69, 9.17) is 0 Å². The molecule has 3 heteroatoms. The van der Waals surface area contributed by atoms with E-state index in [0.717, 1.165) is 12.0 Å².